The molecular weight excluding hydrogens is 314 g/mol. The molecule has 0 spiro atoms. The van der Waals surface area contributed by atoms with Crippen LogP contribution in [0.5, 0.6) is 0 Å². The summed E-state index contributed by atoms with van der Waals surface area (Å²) < 4.78 is 0.306. The van der Waals surface area contributed by atoms with E-state index >= 15 is 0 Å². The molecule has 21 heavy (non-hydrogen) atoms. The Morgan fingerprint density at radius 2 is 2.05 bits per heavy atom. The highest BCUT2D eigenvalue weighted by Gasteiger charge is 2.18. The molecule has 0 fully saturated rings. The van der Waals surface area contributed by atoms with Gasteiger partial charge in [-0.1, -0.05) is 33.1 Å². The third-order valence-electron chi connectivity index (χ3n) is 3.39. The Labute approximate surface area is 143 Å². The summed E-state index contributed by atoms with van der Waals surface area (Å²) in [6.07, 6.45) is 6.57. The zero-order valence-corrected chi connectivity index (χ0v) is 16.2. The van der Waals surface area contributed by atoms with Gasteiger partial charge in [-0.25, -0.2) is 0 Å². The van der Waals surface area contributed by atoms with E-state index in [9.17, 15) is 0 Å². The molecule has 2 atom stereocenters. The minimum atomic E-state index is 0.306. The predicted octanol–water partition coefficient (Wildman–Crippen LogP) is 6.78. The summed E-state index contributed by atoms with van der Waals surface area (Å²) in [5.74, 6) is 1.08. The molecule has 4 heteroatoms. The number of hydrogen-bond acceptors (Lipinski definition) is 4. The van der Waals surface area contributed by atoms with Gasteiger partial charge in [0.15, 0.2) is 0 Å². The first-order valence-electron chi connectivity index (χ1n) is 7.97. The van der Waals surface area contributed by atoms with Crippen molar-refractivity contribution in [2.75, 3.05) is 5.75 Å². The van der Waals surface area contributed by atoms with Crippen LogP contribution in [0.15, 0.2) is 11.4 Å². The highest BCUT2D eigenvalue weighted by atomic mass is 32.2. The van der Waals surface area contributed by atoms with E-state index in [2.05, 4.69) is 32.2 Å². The Bertz CT molecular complexity index is 414. The van der Waals surface area contributed by atoms with Crippen molar-refractivity contribution < 1.29 is 0 Å². The molecule has 0 radical (unpaired) electrons. The van der Waals surface area contributed by atoms with Gasteiger partial charge in [0.1, 0.15) is 0 Å². The van der Waals surface area contributed by atoms with E-state index in [1.807, 2.05) is 41.8 Å². The van der Waals surface area contributed by atoms with E-state index in [0.29, 0.717) is 9.83 Å². The van der Waals surface area contributed by atoms with Crippen LogP contribution in [0.3, 0.4) is 0 Å². The van der Waals surface area contributed by atoms with Crippen molar-refractivity contribution in [3.63, 3.8) is 0 Å². The summed E-state index contributed by atoms with van der Waals surface area (Å²) in [6.45, 7) is 8.65. The average molecular weight is 344 g/mol. The lowest BCUT2D eigenvalue weighted by molar-refractivity contribution is 0.667. The van der Waals surface area contributed by atoms with Crippen LogP contribution in [0.4, 0.5) is 0 Å². The first-order valence-corrected chi connectivity index (χ1v) is 10.8. The fourth-order valence-electron chi connectivity index (χ4n) is 2.16. The van der Waals surface area contributed by atoms with E-state index in [1.54, 1.807) is 0 Å². The molecule has 0 aliphatic carbocycles. The molecule has 1 N–H and O–H groups in total. The Balaban J connectivity index is 2.48. The van der Waals surface area contributed by atoms with Crippen molar-refractivity contribution in [2.45, 2.75) is 69.6 Å². The standard InChI is InChI=1S/C17H29NS3/c1-5-7-8-9-10-15-11-16(20-12-15)14(4)21-17(13(3)18)19-6-2/h11-12,14,17-18H,5-10H2,1-4H3. The second kappa shape index (κ2) is 10.7. The van der Waals surface area contributed by atoms with Gasteiger partial charge in [0.05, 0.1) is 4.58 Å². The maximum Gasteiger partial charge on any atom is 0.0879 e. The number of thioether (sulfide) groups is 2. The van der Waals surface area contributed by atoms with Crippen LogP contribution in [0.25, 0.3) is 0 Å². The van der Waals surface area contributed by atoms with Gasteiger partial charge in [0.2, 0.25) is 0 Å². The van der Waals surface area contributed by atoms with Gasteiger partial charge in [-0.3, -0.25) is 0 Å². The number of unbranched alkanes of at least 4 members (excludes halogenated alkanes) is 3. The molecular formula is C17H29NS3. The summed E-state index contributed by atoms with van der Waals surface area (Å²) in [5.41, 5.74) is 2.29. The smallest absolute Gasteiger partial charge is 0.0879 e. The van der Waals surface area contributed by atoms with E-state index in [4.69, 9.17) is 5.41 Å². The lowest BCUT2D eigenvalue weighted by Crippen LogP contribution is -2.10. The van der Waals surface area contributed by atoms with Gasteiger partial charge in [-0.05, 0) is 49.5 Å². The molecule has 0 saturated heterocycles. The summed E-state index contributed by atoms with van der Waals surface area (Å²) in [6, 6.07) is 2.39. The van der Waals surface area contributed by atoms with Crippen LogP contribution < -0.4 is 0 Å². The molecule has 1 nitrogen and oxygen atoms in total. The van der Waals surface area contributed by atoms with Gasteiger partial charge in [-0.15, -0.1) is 34.9 Å². The number of rotatable bonds is 11. The van der Waals surface area contributed by atoms with Crippen molar-refractivity contribution in [2.24, 2.45) is 0 Å². The molecule has 0 saturated carbocycles. The molecule has 0 aromatic carbocycles. The quantitative estimate of drug-likeness (QED) is 0.272. The molecule has 120 valence electrons. The second-order valence-corrected chi connectivity index (χ2v) is 9.49. The predicted molar refractivity (Wildman–Crippen MR) is 103 cm³/mol. The Hall–Kier alpha value is 0.0700. The van der Waals surface area contributed by atoms with E-state index in [0.717, 1.165) is 11.5 Å². The zero-order chi connectivity index (χ0) is 15.7. The average Bonchev–Trinajstić information content (AvgIpc) is 2.92. The molecule has 2 unspecified atom stereocenters. The van der Waals surface area contributed by atoms with Crippen LogP contribution in [0.2, 0.25) is 0 Å². The van der Waals surface area contributed by atoms with Gasteiger partial charge >= 0.3 is 0 Å². The molecule has 1 aromatic heterocycles. The molecule has 1 rings (SSSR count). The highest BCUT2D eigenvalue weighted by Crippen LogP contribution is 2.39. The zero-order valence-electron chi connectivity index (χ0n) is 13.8. The minimum absolute atomic E-state index is 0.306. The number of hydrogen-bond donors (Lipinski definition) is 1. The van der Waals surface area contributed by atoms with Crippen molar-refractivity contribution in [1.29, 1.82) is 5.41 Å². The third kappa shape index (κ3) is 7.25. The second-order valence-electron chi connectivity index (χ2n) is 5.42. The topological polar surface area (TPSA) is 23.9 Å². The van der Waals surface area contributed by atoms with Crippen LogP contribution in [-0.2, 0) is 6.42 Å². The first-order chi connectivity index (χ1) is 10.1. The third-order valence-corrected chi connectivity index (χ3v) is 7.70. The Morgan fingerprint density at radius 1 is 1.29 bits per heavy atom. The Kier molecular flexibility index (Phi) is 9.78. The van der Waals surface area contributed by atoms with E-state index in [-0.39, 0.29) is 0 Å². The molecule has 1 heterocycles. The van der Waals surface area contributed by atoms with Gasteiger partial charge in [0.25, 0.3) is 0 Å². The van der Waals surface area contributed by atoms with E-state index in [1.165, 1.54) is 42.5 Å². The largest absolute Gasteiger partial charge is 0.308 e. The monoisotopic (exact) mass is 343 g/mol. The van der Waals surface area contributed by atoms with Crippen LogP contribution in [-0.4, -0.2) is 16.0 Å². The first kappa shape index (κ1) is 19.1. The van der Waals surface area contributed by atoms with Crippen molar-refractivity contribution in [1.82, 2.24) is 0 Å². The van der Waals surface area contributed by atoms with Crippen LogP contribution in [0.1, 0.15) is 69.1 Å². The number of thiophene rings is 1. The summed E-state index contributed by atoms with van der Waals surface area (Å²) in [5, 5.41) is 10.7. The summed E-state index contributed by atoms with van der Waals surface area (Å²) in [7, 11) is 0. The van der Waals surface area contributed by atoms with E-state index < -0.39 is 0 Å². The van der Waals surface area contributed by atoms with Crippen molar-refractivity contribution in [3.05, 3.63) is 21.9 Å². The summed E-state index contributed by atoms with van der Waals surface area (Å²) in [4.78, 5) is 1.47. The van der Waals surface area contributed by atoms with Crippen molar-refractivity contribution in [3.8, 4) is 0 Å². The molecule has 0 aliphatic rings. The van der Waals surface area contributed by atoms with Gasteiger partial charge in [0, 0.05) is 15.8 Å². The molecule has 0 bridgehead atoms. The molecule has 0 amide bonds. The highest BCUT2D eigenvalue weighted by molar-refractivity contribution is 8.18. The van der Waals surface area contributed by atoms with Gasteiger partial charge < -0.3 is 5.41 Å². The normalized spacial score (nSPS) is 14.1. The fraction of sp³-hybridized carbons (Fsp3) is 0.706. The number of nitrogens with one attached hydrogen (secondary N) is 1. The molecule has 0 aliphatic heterocycles. The summed E-state index contributed by atoms with van der Waals surface area (Å²) >= 11 is 5.69. The maximum atomic E-state index is 7.91. The minimum Gasteiger partial charge on any atom is -0.308 e. The van der Waals surface area contributed by atoms with Crippen LogP contribution in [0, 0.1) is 5.41 Å². The number of aryl methyl sites for hydroxylation is 1. The fourth-order valence-corrected chi connectivity index (χ4v) is 5.93. The lowest BCUT2D eigenvalue weighted by atomic mass is 10.1. The SMILES string of the molecule is CCCCCCc1csc(C(C)SC(SCC)C(C)=N)c1. The van der Waals surface area contributed by atoms with Gasteiger partial charge in [-0.2, -0.15) is 0 Å². The maximum absolute atomic E-state index is 7.91. The van der Waals surface area contributed by atoms with Crippen LogP contribution >= 0.6 is 34.9 Å². The van der Waals surface area contributed by atoms with Crippen molar-refractivity contribution >= 4 is 40.6 Å². The molecule has 1 aromatic rings. The Morgan fingerprint density at radius 3 is 2.67 bits per heavy atom. The lowest BCUT2D eigenvalue weighted by Gasteiger charge is -2.18.